The third kappa shape index (κ3) is 2.27. The van der Waals surface area contributed by atoms with Crippen molar-refractivity contribution in [1.29, 1.82) is 0 Å². The van der Waals surface area contributed by atoms with Crippen LogP contribution in [0.25, 0.3) is 0 Å². The number of hydrogen-bond acceptors (Lipinski definition) is 4. The lowest BCUT2D eigenvalue weighted by molar-refractivity contribution is -0.138. The summed E-state index contributed by atoms with van der Waals surface area (Å²) in [5, 5.41) is 10.4. The molecule has 0 bridgehead atoms. The van der Waals surface area contributed by atoms with Crippen LogP contribution in [0.1, 0.15) is 66.2 Å². The van der Waals surface area contributed by atoms with Crippen molar-refractivity contribution in [3.05, 3.63) is 35.3 Å². The highest BCUT2D eigenvalue weighted by Gasteiger charge is 2.62. The number of carbonyl (C=O) groups is 2. The second-order valence-electron chi connectivity index (χ2n) is 9.28. The fraction of sp³-hybridized carbons (Fsp3) is 0.636. The number of Topliss-reactive ketones (excluding diaryl/α,β-unsaturated/α-hetero) is 1. The van der Waals surface area contributed by atoms with E-state index in [0.717, 1.165) is 38.2 Å². The predicted molar refractivity (Wildman–Crippen MR) is 102 cm³/mol. The molecule has 0 heterocycles. The van der Waals surface area contributed by atoms with Crippen LogP contribution in [0.15, 0.2) is 35.3 Å². The highest BCUT2D eigenvalue weighted by Crippen LogP contribution is 2.70. The lowest BCUT2D eigenvalue weighted by atomic mass is 9.38. The molecule has 0 amide bonds. The van der Waals surface area contributed by atoms with Gasteiger partial charge in [0.15, 0.2) is 0 Å². The van der Waals surface area contributed by atoms with E-state index >= 15 is 0 Å². The molecule has 0 aromatic heterocycles. The molecule has 0 aromatic rings. The summed E-state index contributed by atoms with van der Waals surface area (Å²) in [5.74, 6) is -1.10. The van der Waals surface area contributed by atoms with E-state index < -0.39 is 11.6 Å². The summed E-state index contributed by atoms with van der Waals surface area (Å²) in [6.07, 6.45) is 6.75. The second kappa shape index (κ2) is 5.83. The van der Waals surface area contributed by atoms with Gasteiger partial charge in [0.25, 0.3) is 0 Å². The Morgan fingerprint density at radius 1 is 1.27 bits per heavy atom. The maximum atomic E-state index is 12.5. The molecule has 0 saturated heterocycles. The van der Waals surface area contributed by atoms with E-state index in [1.807, 2.05) is 0 Å². The molecule has 3 aliphatic rings. The van der Waals surface area contributed by atoms with Crippen molar-refractivity contribution in [3.63, 3.8) is 0 Å². The van der Waals surface area contributed by atoms with Crippen molar-refractivity contribution < 1.29 is 14.7 Å². The van der Waals surface area contributed by atoms with Crippen molar-refractivity contribution in [1.82, 2.24) is 0 Å². The minimum Gasteiger partial charge on any atom is -0.505 e. The molecule has 2 saturated carbocycles. The number of aliphatic hydroxyl groups excluding tert-OH is 1. The molecule has 0 aliphatic heterocycles. The Morgan fingerprint density at radius 2 is 1.92 bits per heavy atom. The number of aliphatic hydroxyl groups is 1. The van der Waals surface area contributed by atoms with Gasteiger partial charge in [-0.3, -0.25) is 9.59 Å². The molecule has 3 rings (SSSR count). The van der Waals surface area contributed by atoms with Crippen LogP contribution in [-0.2, 0) is 9.59 Å². The van der Waals surface area contributed by atoms with E-state index in [2.05, 4.69) is 34.3 Å². The average Bonchev–Trinajstić information content (AvgIpc) is 2.58. The highest BCUT2D eigenvalue weighted by atomic mass is 16.3. The van der Waals surface area contributed by atoms with E-state index in [4.69, 9.17) is 5.73 Å². The van der Waals surface area contributed by atoms with Crippen molar-refractivity contribution in [3.8, 4) is 0 Å². The van der Waals surface area contributed by atoms with E-state index in [1.165, 1.54) is 5.57 Å². The molecule has 0 radical (unpaired) electrons. The monoisotopic (exact) mass is 357 g/mol. The third-order valence-corrected chi connectivity index (χ3v) is 8.47. The zero-order chi connectivity index (χ0) is 19.5. The van der Waals surface area contributed by atoms with Crippen LogP contribution < -0.4 is 5.73 Å². The lowest BCUT2D eigenvalue weighted by Gasteiger charge is -2.66. The summed E-state index contributed by atoms with van der Waals surface area (Å²) in [7, 11) is 0. The Labute approximate surface area is 156 Å². The van der Waals surface area contributed by atoms with Gasteiger partial charge in [-0.05, 0) is 60.7 Å². The Balaban J connectivity index is 2.11. The third-order valence-electron chi connectivity index (χ3n) is 8.47. The average molecular weight is 357 g/mol. The first kappa shape index (κ1) is 18.9. The van der Waals surface area contributed by atoms with Gasteiger partial charge in [0.1, 0.15) is 5.76 Å². The molecule has 3 unspecified atom stereocenters. The largest absolute Gasteiger partial charge is 0.505 e. The first-order valence-electron chi connectivity index (χ1n) is 9.64. The number of ketones is 2. The van der Waals surface area contributed by atoms with E-state index in [9.17, 15) is 14.7 Å². The van der Waals surface area contributed by atoms with Gasteiger partial charge < -0.3 is 10.8 Å². The molecule has 0 aromatic carbocycles. The van der Waals surface area contributed by atoms with Crippen LogP contribution in [0.3, 0.4) is 0 Å². The molecule has 4 atom stereocenters. The maximum absolute atomic E-state index is 12.5. The van der Waals surface area contributed by atoms with Gasteiger partial charge in [-0.25, -0.2) is 0 Å². The smallest absolute Gasteiger partial charge is 0.232 e. The van der Waals surface area contributed by atoms with Gasteiger partial charge in [-0.2, -0.15) is 0 Å². The van der Waals surface area contributed by atoms with Gasteiger partial charge in [0.2, 0.25) is 11.6 Å². The van der Waals surface area contributed by atoms with Crippen molar-refractivity contribution in [2.24, 2.45) is 27.9 Å². The fourth-order valence-electron chi connectivity index (χ4n) is 5.94. The molecule has 3 N–H and O–H groups in total. The number of nitrogens with two attached hydrogens (primary N) is 1. The Hall–Kier alpha value is -1.84. The van der Waals surface area contributed by atoms with Crippen molar-refractivity contribution >= 4 is 11.6 Å². The summed E-state index contributed by atoms with van der Waals surface area (Å²) >= 11 is 0. The first-order valence-corrected chi connectivity index (χ1v) is 9.64. The number of hydrogen-bond donors (Lipinski definition) is 2. The molecule has 142 valence electrons. The van der Waals surface area contributed by atoms with Crippen LogP contribution in [0.5, 0.6) is 0 Å². The number of allylic oxidation sites excluding steroid dienone is 3. The fourth-order valence-corrected chi connectivity index (χ4v) is 5.94. The van der Waals surface area contributed by atoms with Crippen LogP contribution in [0.2, 0.25) is 0 Å². The highest BCUT2D eigenvalue weighted by molar-refractivity contribution is 6.48. The molecular weight excluding hydrogens is 326 g/mol. The number of rotatable bonds is 2. The van der Waals surface area contributed by atoms with Crippen LogP contribution in [0, 0.1) is 22.2 Å². The Bertz CT molecular complexity index is 761. The molecule has 26 heavy (non-hydrogen) atoms. The van der Waals surface area contributed by atoms with Crippen molar-refractivity contribution in [2.45, 2.75) is 66.2 Å². The van der Waals surface area contributed by atoms with Gasteiger partial charge >= 0.3 is 0 Å². The van der Waals surface area contributed by atoms with Gasteiger partial charge in [0.05, 0.1) is 5.70 Å². The summed E-state index contributed by atoms with van der Waals surface area (Å²) in [6, 6.07) is 0. The molecular formula is C22H31NO3. The summed E-state index contributed by atoms with van der Waals surface area (Å²) in [6.45, 7) is 13.5. The van der Waals surface area contributed by atoms with Gasteiger partial charge in [-0.15, -0.1) is 0 Å². The zero-order valence-corrected chi connectivity index (χ0v) is 16.4. The van der Waals surface area contributed by atoms with Gasteiger partial charge in [0, 0.05) is 11.6 Å². The second-order valence-corrected chi connectivity index (χ2v) is 9.28. The topological polar surface area (TPSA) is 80.4 Å². The van der Waals surface area contributed by atoms with E-state index in [0.29, 0.717) is 12.3 Å². The molecule has 4 nitrogen and oxygen atoms in total. The molecule has 4 heteroatoms. The molecule has 2 fully saturated rings. The first-order chi connectivity index (χ1) is 12.0. The summed E-state index contributed by atoms with van der Waals surface area (Å²) < 4.78 is 0. The van der Waals surface area contributed by atoms with Gasteiger partial charge in [-0.1, -0.05) is 39.8 Å². The normalized spacial score (nSPS) is 41.2. The minimum absolute atomic E-state index is 0.00219. The Kier molecular flexibility index (Phi) is 4.25. The van der Waals surface area contributed by atoms with Crippen molar-refractivity contribution in [2.75, 3.05) is 0 Å². The minimum atomic E-state index is -0.636. The van der Waals surface area contributed by atoms with Crippen LogP contribution in [-0.4, -0.2) is 16.7 Å². The van der Waals surface area contributed by atoms with Crippen LogP contribution in [0.4, 0.5) is 0 Å². The number of carbonyl (C=O) groups excluding carboxylic acids is 2. The number of fused-ring (bicyclic) bond motifs is 1. The molecule has 3 aliphatic carbocycles. The molecule has 0 spiro atoms. The maximum Gasteiger partial charge on any atom is 0.232 e. The summed E-state index contributed by atoms with van der Waals surface area (Å²) in [5.41, 5.74) is 6.98. The SMILES string of the molecule is C=C1CCC[C@@]2(C)C1(C)CCC(C)C2(C)CC1=C(O)C(N)=CC(=O)C1=O. The predicted octanol–water partition coefficient (Wildman–Crippen LogP) is 4.37. The summed E-state index contributed by atoms with van der Waals surface area (Å²) in [4.78, 5) is 24.5. The standard InChI is InChI=1S/C22H31NO3/c1-13-7-6-9-22(5)20(13,3)10-8-14(2)21(22,4)12-15-18(25)16(23)11-17(24)19(15)26/h11,14,25H,1,6-10,12,23H2,2-5H3/t14?,20?,21?,22-/m0/s1. The van der Waals surface area contributed by atoms with Crippen LogP contribution >= 0.6 is 0 Å². The van der Waals surface area contributed by atoms with E-state index in [-0.39, 0.29) is 33.3 Å². The van der Waals surface area contributed by atoms with E-state index in [1.54, 1.807) is 0 Å². The zero-order valence-electron chi connectivity index (χ0n) is 16.4. The lowest BCUT2D eigenvalue weighted by Crippen LogP contribution is -2.58. The quantitative estimate of drug-likeness (QED) is 0.437. The Morgan fingerprint density at radius 3 is 2.58 bits per heavy atom.